The van der Waals surface area contributed by atoms with E-state index in [-0.39, 0.29) is 24.2 Å². The summed E-state index contributed by atoms with van der Waals surface area (Å²) in [5.41, 5.74) is 1.38. The van der Waals surface area contributed by atoms with Crippen LogP contribution in [0.5, 0.6) is 0 Å². The van der Waals surface area contributed by atoms with E-state index in [9.17, 15) is 13.2 Å². The molecule has 0 amide bonds. The van der Waals surface area contributed by atoms with Crippen molar-refractivity contribution in [2.45, 2.75) is 63.9 Å². The summed E-state index contributed by atoms with van der Waals surface area (Å²) in [4.78, 5) is 0. The van der Waals surface area contributed by atoms with Crippen LogP contribution in [0.1, 0.15) is 73.6 Å². The second-order valence-electron chi connectivity index (χ2n) is 8.53. The summed E-state index contributed by atoms with van der Waals surface area (Å²) in [5.74, 6) is 0.547. The van der Waals surface area contributed by atoms with Crippen molar-refractivity contribution in [3.63, 3.8) is 0 Å². The normalized spacial score (nSPS) is 19.2. The number of rotatable bonds is 9. The highest BCUT2D eigenvalue weighted by Gasteiger charge is 2.33. The van der Waals surface area contributed by atoms with E-state index < -0.39 is 11.9 Å². The summed E-state index contributed by atoms with van der Waals surface area (Å²) in [6.45, 7) is 1.79. The summed E-state index contributed by atoms with van der Waals surface area (Å²) in [7, 11) is 0. The van der Waals surface area contributed by atoms with Crippen LogP contribution in [0.15, 0.2) is 54.6 Å². The zero-order valence-corrected chi connectivity index (χ0v) is 18.5. The van der Waals surface area contributed by atoms with E-state index in [1.54, 1.807) is 24.3 Å². The lowest BCUT2D eigenvalue weighted by atomic mass is 9.77. The van der Waals surface area contributed by atoms with Crippen molar-refractivity contribution in [3.8, 4) is 6.07 Å². The molecule has 2 aromatic rings. The molecule has 0 radical (unpaired) electrons. The number of hydrogen-bond donors (Lipinski definition) is 0. The Balaban J connectivity index is 1.50. The number of benzene rings is 2. The van der Waals surface area contributed by atoms with Gasteiger partial charge in [-0.2, -0.15) is 14.0 Å². The quantitative estimate of drug-likeness (QED) is 0.375. The van der Waals surface area contributed by atoms with Crippen LogP contribution in [0.25, 0.3) is 0 Å². The molecule has 0 N–H and O–H groups in total. The average molecular weight is 442 g/mol. The van der Waals surface area contributed by atoms with Crippen LogP contribution in [-0.4, -0.2) is 6.61 Å². The van der Waals surface area contributed by atoms with E-state index in [4.69, 9.17) is 10.00 Å². The van der Waals surface area contributed by atoms with Crippen molar-refractivity contribution in [2.75, 3.05) is 6.61 Å². The summed E-state index contributed by atoms with van der Waals surface area (Å²) in [5, 5.41) is 8.76. The molecular weight excluding hydrogens is 411 g/mol. The van der Waals surface area contributed by atoms with E-state index in [1.807, 2.05) is 6.92 Å². The van der Waals surface area contributed by atoms with Gasteiger partial charge in [0.05, 0.1) is 17.7 Å². The van der Waals surface area contributed by atoms with Gasteiger partial charge in [0.1, 0.15) is 11.9 Å². The average Bonchev–Trinajstić information content (AvgIpc) is 2.80. The molecule has 32 heavy (non-hydrogen) atoms. The predicted molar refractivity (Wildman–Crippen MR) is 120 cm³/mol. The topological polar surface area (TPSA) is 33.0 Å². The van der Waals surface area contributed by atoms with Gasteiger partial charge in [0, 0.05) is 0 Å². The molecule has 0 aliphatic heterocycles. The van der Waals surface area contributed by atoms with Crippen molar-refractivity contribution < 1.29 is 17.9 Å². The van der Waals surface area contributed by atoms with Gasteiger partial charge < -0.3 is 4.74 Å². The van der Waals surface area contributed by atoms with E-state index in [0.717, 1.165) is 30.7 Å². The zero-order valence-electron chi connectivity index (χ0n) is 18.5. The van der Waals surface area contributed by atoms with Gasteiger partial charge in [-0.25, -0.2) is 4.39 Å². The highest BCUT2D eigenvalue weighted by molar-refractivity contribution is 5.33. The van der Waals surface area contributed by atoms with Crippen molar-refractivity contribution in [1.82, 2.24) is 0 Å². The second kappa shape index (κ2) is 11.3. The van der Waals surface area contributed by atoms with Crippen LogP contribution in [0, 0.1) is 23.1 Å². The molecule has 0 bridgehead atoms. The summed E-state index contributed by atoms with van der Waals surface area (Å²) < 4.78 is 47.4. The first-order valence-corrected chi connectivity index (χ1v) is 11.3. The minimum atomic E-state index is -3.41. The minimum Gasteiger partial charge on any atom is -0.316 e. The minimum absolute atomic E-state index is 0.0674. The number of nitrogens with zero attached hydrogens (tertiary/aromatic N) is 1. The molecule has 0 unspecified atom stereocenters. The standard InChI is InChI=1S/C27H30F3NO/c1-2-3-4-5-20-6-9-22(10-7-20)23-12-14-25(15-13-23)27(29,30)32-17-16-21-8-11-24(19-31)26(28)18-21/h2-3,8,11-15,18,20,22H,4-7,9-10,16-17H2,1H3/b3-2+/t20-,22-. The summed E-state index contributed by atoms with van der Waals surface area (Å²) in [6.07, 6.45) is 8.00. The zero-order chi connectivity index (χ0) is 23.0. The van der Waals surface area contributed by atoms with Crippen molar-refractivity contribution in [3.05, 3.63) is 82.7 Å². The van der Waals surface area contributed by atoms with Gasteiger partial charge in [0.25, 0.3) is 0 Å². The van der Waals surface area contributed by atoms with Crippen LogP contribution in [0.4, 0.5) is 13.2 Å². The number of allylic oxidation sites excluding steroid dienone is 2. The summed E-state index contributed by atoms with van der Waals surface area (Å²) >= 11 is 0. The molecule has 1 aliphatic carbocycles. The Morgan fingerprint density at radius 2 is 1.81 bits per heavy atom. The third-order valence-electron chi connectivity index (χ3n) is 6.37. The molecule has 1 aliphatic rings. The third kappa shape index (κ3) is 6.46. The lowest BCUT2D eigenvalue weighted by molar-refractivity contribution is -0.248. The maximum atomic E-state index is 14.5. The van der Waals surface area contributed by atoms with Gasteiger partial charge in [0.15, 0.2) is 0 Å². The highest BCUT2D eigenvalue weighted by Crippen LogP contribution is 2.38. The highest BCUT2D eigenvalue weighted by atomic mass is 19.3. The van der Waals surface area contributed by atoms with Gasteiger partial charge in [0.2, 0.25) is 0 Å². The van der Waals surface area contributed by atoms with Crippen LogP contribution in [0.2, 0.25) is 0 Å². The van der Waals surface area contributed by atoms with E-state index >= 15 is 0 Å². The number of halogens is 3. The first kappa shape index (κ1) is 24.1. The van der Waals surface area contributed by atoms with Gasteiger partial charge >= 0.3 is 6.11 Å². The van der Waals surface area contributed by atoms with Crippen molar-refractivity contribution in [2.24, 2.45) is 5.92 Å². The van der Waals surface area contributed by atoms with Gasteiger partial charge in [-0.1, -0.05) is 42.5 Å². The molecule has 1 saturated carbocycles. The van der Waals surface area contributed by atoms with Crippen molar-refractivity contribution in [1.29, 1.82) is 5.26 Å². The monoisotopic (exact) mass is 441 g/mol. The van der Waals surface area contributed by atoms with E-state index in [2.05, 4.69) is 12.2 Å². The Morgan fingerprint density at radius 1 is 1.09 bits per heavy atom. The van der Waals surface area contributed by atoms with E-state index in [1.165, 1.54) is 43.5 Å². The molecule has 0 atom stereocenters. The van der Waals surface area contributed by atoms with E-state index in [0.29, 0.717) is 11.5 Å². The molecule has 0 spiro atoms. The number of alkyl halides is 2. The predicted octanol–water partition coefficient (Wildman–Crippen LogP) is 7.64. The first-order valence-electron chi connectivity index (χ1n) is 11.3. The SMILES string of the molecule is C/C=C/CC[C@H]1CC[C@H](c2ccc(C(F)(F)OCCc3ccc(C#N)c(F)c3)cc2)CC1. The fourth-order valence-electron chi connectivity index (χ4n) is 4.42. The van der Waals surface area contributed by atoms with Crippen LogP contribution in [0.3, 0.4) is 0 Å². The second-order valence-corrected chi connectivity index (χ2v) is 8.53. The van der Waals surface area contributed by atoms with Gasteiger partial charge in [-0.3, -0.25) is 0 Å². The molecule has 0 aromatic heterocycles. The molecule has 2 aromatic carbocycles. The Bertz CT molecular complexity index is 938. The van der Waals surface area contributed by atoms with Crippen LogP contribution < -0.4 is 0 Å². The lowest BCUT2D eigenvalue weighted by Gasteiger charge is -2.29. The molecule has 5 heteroatoms. The maximum absolute atomic E-state index is 14.5. The molecule has 1 fully saturated rings. The number of ether oxygens (including phenoxy) is 1. The lowest BCUT2D eigenvalue weighted by Crippen LogP contribution is -2.20. The largest absolute Gasteiger partial charge is 0.383 e. The number of nitriles is 1. The fourth-order valence-corrected chi connectivity index (χ4v) is 4.42. The van der Waals surface area contributed by atoms with Gasteiger partial charge in [-0.05, 0) is 87.0 Å². The maximum Gasteiger partial charge on any atom is 0.383 e. The van der Waals surface area contributed by atoms with Gasteiger partial charge in [-0.15, -0.1) is 0 Å². The van der Waals surface area contributed by atoms with Crippen molar-refractivity contribution >= 4 is 0 Å². The molecular formula is C27H30F3NO. The molecule has 2 nitrogen and oxygen atoms in total. The Hall–Kier alpha value is -2.58. The molecule has 170 valence electrons. The Kier molecular flexibility index (Phi) is 8.53. The third-order valence-corrected chi connectivity index (χ3v) is 6.37. The first-order chi connectivity index (χ1) is 15.4. The molecule has 0 heterocycles. The smallest absolute Gasteiger partial charge is 0.316 e. The molecule has 0 saturated heterocycles. The Labute approximate surface area is 188 Å². The fraction of sp³-hybridized carbons (Fsp3) is 0.444. The summed E-state index contributed by atoms with van der Waals surface area (Å²) in [6, 6.07) is 12.3. The van der Waals surface area contributed by atoms with Crippen LogP contribution >= 0.6 is 0 Å². The van der Waals surface area contributed by atoms with Crippen LogP contribution in [-0.2, 0) is 17.3 Å². The number of hydrogen-bond acceptors (Lipinski definition) is 2. The molecule has 3 rings (SSSR count). The Morgan fingerprint density at radius 3 is 2.44 bits per heavy atom.